The zero-order valence-corrected chi connectivity index (χ0v) is 17.4. The third kappa shape index (κ3) is 4.33. The smallest absolute Gasteiger partial charge is 0.274 e. The summed E-state index contributed by atoms with van der Waals surface area (Å²) < 4.78 is 1.41. The van der Waals surface area contributed by atoms with E-state index < -0.39 is 0 Å². The first-order valence-corrected chi connectivity index (χ1v) is 9.62. The van der Waals surface area contributed by atoms with E-state index in [0.29, 0.717) is 29.6 Å². The van der Waals surface area contributed by atoms with Crippen molar-refractivity contribution in [3.8, 4) is 0 Å². The van der Waals surface area contributed by atoms with Gasteiger partial charge in [0.2, 0.25) is 0 Å². The van der Waals surface area contributed by atoms with Crippen LogP contribution >= 0.6 is 12.4 Å². The van der Waals surface area contributed by atoms with Gasteiger partial charge in [-0.3, -0.25) is 9.59 Å². The van der Waals surface area contributed by atoms with Crippen molar-refractivity contribution in [2.75, 3.05) is 0 Å². The number of amides is 1. The highest BCUT2D eigenvalue weighted by atomic mass is 35.5. The van der Waals surface area contributed by atoms with Crippen LogP contribution in [-0.2, 0) is 26.2 Å². The van der Waals surface area contributed by atoms with Crippen molar-refractivity contribution in [1.29, 1.82) is 0 Å². The Labute approximate surface area is 175 Å². The Bertz CT molecular complexity index is 1110. The number of halogens is 1. The molecular formula is C22H25ClN4O2. The molecule has 152 valence electrons. The molecule has 1 aromatic heterocycles. The summed E-state index contributed by atoms with van der Waals surface area (Å²) >= 11 is 0. The molecule has 4 rings (SSSR count). The Kier molecular flexibility index (Phi) is 6.35. The number of benzene rings is 2. The lowest BCUT2D eigenvalue weighted by molar-refractivity contribution is 0.0945. The van der Waals surface area contributed by atoms with Crippen LogP contribution in [0.25, 0.3) is 10.8 Å². The Balaban J connectivity index is 0.00000240. The monoisotopic (exact) mass is 412 g/mol. The van der Waals surface area contributed by atoms with Crippen molar-refractivity contribution in [3.63, 3.8) is 0 Å². The minimum atomic E-state index is -0.271. The first kappa shape index (κ1) is 21.0. The highest BCUT2D eigenvalue weighted by Gasteiger charge is 2.17. The number of hydrogen-bond acceptors (Lipinski definition) is 4. The molecule has 0 unspecified atom stereocenters. The van der Waals surface area contributed by atoms with E-state index in [9.17, 15) is 9.59 Å². The maximum atomic E-state index is 12.9. The van der Waals surface area contributed by atoms with Gasteiger partial charge in [0.15, 0.2) is 5.69 Å². The van der Waals surface area contributed by atoms with E-state index in [1.54, 1.807) is 12.1 Å². The number of hydrogen-bond donors (Lipinski definition) is 2. The van der Waals surface area contributed by atoms with Gasteiger partial charge in [-0.2, -0.15) is 5.10 Å². The van der Waals surface area contributed by atoms with Gasteiger partial charge in [0.05, 0.1) is 5.39 Å². The minimum absolute atomic E-state index is 0. The van der Waals surface area contributed by atoms with Crippen molar-refractivity contribution < 1.29 is 4.79 Å². The van der Waals surface area contributed by atoms with Crippen LogP contribution in [0.1, 0.15) is 41.0 Å². The fourth-order valence-electron chi connectivity index (χ4n) is 3.60. The largest absolute Gasteiger partial charge is 0.347 e. The van der Waals surface area contributed by atoms with E-state index in [4.69, 9.17) is 0 Å². The van der Waals surface area contributed by atoms with E-state index in [0.717, 1.165) is 18.7 Å². The second-order valence-corrected chi connectivity index (χ2v) is 7.66. The maximum absolute atomic E-state index is 12.9. The molecule has 1 amide bonds. The SMILES string of the molecule is CC(C)Cn1nc(C(=O)NCc2ccc3c(c2)CNC3)c2ccccc2c1=O.Cl. The zero-order chi connectivity index (χ0) is 19.7. The third-order valence-electron chi connectivity index (χ3n) is 4.98. The van der Waals surface area contributed by atoms with Gasteiger partial charge in [0.1, 0.15) is 0 Å². The summed E-state index contributed by atoms with van der Waals surface area (Å²) in [5.41, 5.74) is 3.77. The summed E-state index contributed by atoms with van der Waals surface area (Å²) in [5.74, 6) is -0.0189. The van der Waals surface area contributed by atoms with Crippen LogP contribution in [0.15, 0.2) is 47.3 Å². The van der Waals surface area contributed by atoms with Crippen molar-refractivity contribution in [3.05, 3.63) is 75.2 Å². The zero-order valence-electron chi connectivity index (χ0n) is 16.6. The highest BCUT2D eigenvalue weighted by Crippen LogP contribution is 2.18. The summed E-state index contributed by atoms with van der Waals surface area (Å²) in [4.78, 5) is 25.6. The molecule has 0 saturated heterocycles. The fourth-order valence-corrected chi connectivity index (χ4v) is 3.60. The van der Waals surface area contributed by atoms with Crippen molar-refractivity contribution >= 4 is 29.1 Å². The maximum Gasteiger partial charge on any atom is 0.274 e. The molecule has 29 heavy (non-hydrogen) atoms. The van der Waals surface area contributed by atoms with E-state index in [1.807, 2.05) is 32.0 Å². The second kappa shape index (κ2) is 8.76. The Morgan fingerprint density at radius 3 is 2.62 bits per heavy atom. The van der Waals surface area contributed by atoms with Gasteiger partial charge in [-0.1, -0.05) is 50.2 Å². The second-order valence-electron chi connectivity index (χ2n) is 7.66. The normalized spacial score (nSPS) is 12.7. The average molecular weight is 413 g/mol. The molecule has 6 nitrogen and oxygen atoms in total. The molecule has 2 aromatic carbocycles. The minimum Gasteiger partial charge on any atom is -0.347 e. The Hall–Kier alpha value is -2.70. The Morgan fingerprint density at radius 1 is 1.14 bits per heavy atom. The lowest BCUT2D eigenvalue weighted by atomic mass is 10.1. The van der Waals surface area contributed by atoms with Crippen LogP contribution in [0.3, 0.4) is 0 Å². The summed E-state index contributed by atoms with van der Waals surface area (Å²) in [7, 11) is 0. The van der Waals surface area contributed by atoms with E-state index in [2.05, 4.69) is 27.9 Å². The van der Waals surface area contributed by atoms with E-state index in [1.165, 1.54) is 15.8 Å². The number of rotatable bonds is 5. The molecule has 0 spiro atoms. The van der Waals surface area contributed by atoms with Crippen molar-refractivity contribution in [2.45, 2.75) is 40.0 Å². The molecule has 0 bridgehead atoms. The molecule has 0 saturated carbocycles. The van der Waals surface area contributed by atoms with Gasteiger partial charge in [-0.15, -0.1) is 12.4 Å². The van der Waals surface area contributed by atoms with Crippen LogP contribution in [0.2, 0.25) is 0 Å². The van der Waals surface area contributed by atoms with Gasteiger partial charge in [0.25, 0.3) is 11.5 Å². The lowest BCUT2D eigenvalue weighted by Gasteiger charge is -2.13. The molecule has 2 N–H and O–H groups in total. The van der Waals surface area contributed by atoms with Gasteiger partial charge in [-0.25, -0.2) is 4.68 Å². The third-order valence-corrected chi connectivity index (χ3v) is 4.98. The number of aromatic nitrogens is 2. The van der Waals surface area contributed by atoms with Gasteiger partial charge in [0, 0.05) is 31.6 Å². The molecule has 3 aromatic rings. The van der Waals surface area contributed by atoms with E-state index >= 15 is 0 Å². The molecule has 1 aliphatic rings. The summed E-state index contributed by atoms with van der Waals surface area (Å²) in [6.07, 6.45) is 0. The molecular weight excluding hydrogens is 388 g/mol. The number of carbonyl (C=O) groups is 1. The van der Waals surface area contributed by atoms with E-state index in [-0.39, 0.29) is 29.8 Å². The van der Waals surface area contributed by atoms with Crippen LogP contribution in [0.4, 0.5) is 0 Å². The highest BCUT2D eigenvalue weighted by molar-refractivity contribution is 6.04. The summed E-state index contributed by atoms with van der Waals surface area (Å²) in [5, 5.41) is 11.8. The van der Waals surface area contributed by atoms with Gasteiger partial charge < -0.3 is 10.6 Å². The van der Waals surface area contributed by atoms with Crippen LogP contribution in [0, 0.1) is 5.92 Å². The fraction of sp³-hybridized carbons (Fsp3) is 0.318. The standard InChI is InChI=1S/C22H24N4O2.ClH/c1-14(2)13-26-22(28)19-6-4-3-5-18(19)20(25-26)21(27)24-10-15-7-8-16-11-23-12-17(16)9-15;/h3-9,14,23H,10-13H2,1-2H3,(H,24,27);1H. The molecule has 0 aliphatic carbocycles. The number of nitrogens with one attached hydrogen (secondary N) is 2. The molecule has 0 atom stereocenters. The molecule has 0 radical (unpaired) electrons. The first-order chi connectivity index (χ1) is 13.5. The lowest BCUT2D eigenvalue weighted by Crippen LogP contribution is -2.31. The van der Waals surface area contributed by atoms with Crippen LogP contribution < -0.4 is 16.2 Å². The van der Waals surface area contributed by atoms with Crippen LogP contribution in [0.5, 0.6) is 0 Å². The Morgan fingerprint density at radius 2 is 1.86 bits per heavy atom. The van der Waals surface area contributed by atoms with Gasteiger partial charge in [-0.05, 0) is 28.7 Å². The summed E-state index contributed by atoms with van der Waals surface area (Å²) in [6, 6.07) is 13.4. The number of carbonyl (C=O) groups excluding carboxylic acids is 1. The molecule has 0 fully saturated rings. The molecule has 2 heterocycles. The molecule has 1 aliphatic heterocycles. The van der Waals surface area contributed by atoms with Crippen molar-refractivity contribution in [1.82, 2.24) is 20.4 Å². The first-order valence-electron chi connectivity index (χ1n) is 9.62. The van der Waals surface area contributed by atoms with Crippen LogP contribution in [-0.4, -0.2) is 15.7 Å². The average Bonchev–Trinajstić information content (AvgIpc) is 3.16. The quantitative estimate of drug-likeness (QED) is 0.675. The number of nitrogens with zero attached hydrogens (tertiary/aromatic N) is 2. The van der Waals surface area contributed by atoms with Crippen molar-refractivity contribution in [2.24, 2.45) is 5.92 Å². The molecule has 7 heteroatoms. The van der Waals surface area contributed by atoms with Gasteiger partial charge >= 0.3 is 0 Å². The topological polar surface area (TPSA) is 76.0 Å². The number of fused-ring (bicyclic) bond motifs is 2. The predicted octanol–water partition coefficient (Wildman–Crippen LogP) is 3.01. The predicted molar refractivity (Wildman–Crippen MR) is 116 cm³/mol. The summed E-state index contributed by atoms with van der Waals surface area (Å²) in [6.45, 7) is 6.70.